The number of isocyanates is 2. The molecule has 17 heavy (non-hydrogen) atoms. The van der Waals surface area contributed by atoms with Crippen molar-refractivity contribution in [2.45, 2.75) is 39.5 Å². The average molecular weight is 236 g/mol. The number of rotatable bonds is 9. The van der Waals surface area contributed by atoms with Crippen molar-refractivity contribution in [3.63, 3.8) is 0 Å². The second-order valence-corrected chi connectivity index (χ2v) is 3.92. The first kappa shape index (κ1) is 15.5. The molecule has 0 heterocycles. The number of hydrogen-bond donors (Lipinski definition) is 0. The molecule has 0 saturated carbocycles. The number of aliphatic imine (C=N–C) groups is 2. The molecule has 0 rings (SSSR count). The van der Waals surface area contributed by atoms with Crippen molar-refractivity contribution >= 4 is 12.2 Å². The van der Waals surface area contributed by atoms with Crippen LogP contribution in [0, 0.1) is 5.92 Å². The van der Waals surface area contributed by atoms with Crippen molar-refractivity contribution in [2.75, 3.05) is 13.1 Å². The molecule has 0 aliphatic heterocycles. The zero-order valence-corrected chi connectivity index (χ0v) is 10.6. The van der Waals surface area contributed by atoms with Gasteiger partial charge in [0.05, 0.1) is 13.1 Å². The molecule has 0 amide bonds. The molecule has 0 radical (unpaired) electrons. The van der Waals surface area contributed by atoms with Crippen molar-refractivity contribution in [3.05, 3.63) is 11.6 Å². The molecule has 0 N–H and O–H groups in total. The fourth-order valence-electron chi connectivity index (χ4n) is 1.77. The molecule has 0 aliphatic carbocycles. The van der Waals surface area contributed by atoms with Crippen LogP contribution in [0.4, 0.5) is 0 Å². The lowest BCUT2D eigenvalue weighted by Crippen LogP contribution is -2.07. The Labute approximate surface area is 103 Å². The van der Waals surface area contributed by atoms with E-state index in [1.807, 2.05) is 6.92 Å². The van der Waals surface area contributed by atoms with Crippen molar-refractivity contribution in [2.24, 2.45) is 15.9 Å². The summed E-state index contributed by atoms with van der Waals surface area (Å²) in [5.74, 6) is 0.337. The summed E-state index contributed by atoms with van der Waals surface area (Å²) in [6.45, 7) is 5.15. The van der Waals surface area contributed by atoms with Crippen LogP contribution in [0.3, 0.4) is 0 Å². The maximum Gasteiger partial charge on any atom is 0.234 e. The lowest BCUT2D eigenvalue weighted by molar-refractivity contribution is 0.470. The third-order valence-corrected chi connectivity index (χ3v) is 2.77. The molecule has 0 aromatic rings. The van der Waals surface area contributed by atoms with Crippen LogP contribution in [0.1, 0.15) is 39.5 Å². The van der Waals surface area contributed by atoms with Gasteiger partial charge in [-0.05, 0) is 38.5 Å². The van der Waals surface area contributed by atoms with Crippen molar-refractivity contribution in [3.8, 4) is 0 Å². The second kappa shape index (κ2) is 11.0. The van der Waals surface area contributed by atoms with Gasteiger partial charge >= 0.3 is 0 Å². The van der Waals surface area contributed by atoms with Crippen LogP contribution in [-0.2, 0) is 9.59 Å². The van der Waals surface area contributed by atoms with Gasteiger partial charge in [-0.1, -0.05) is 18.6 Å². The minimum atomic E-state index is 0.337. The third kappa shape index (κ3) is 8.32. The molecule has 4 heteroatoms. The SMILES string of the molecule is CC=C(CC)CC(CCCN=C=O)CN=C=O. The largest absolute Gasteiger partial charge is 0.234 e. The Balaban J connectivity index is 4.21. The summed E-state index contributed by atoms with van der Waals surface area (Å²) in [6.07, 6.45) is 8.92. The molecule has 1 unspecified atom stereocenters. The molecule has 0 bridgehead atoms. The fourth-order valence-corrected chi connectivity index (χ4v) is 1.77. The van der Waals surface area contributed by atoms with Gasteiger partial charge in [0.25, 0.3) is 0 Å². The molecule has 0 aromatic carbocycles. The summed E-state index contributed by atoms with van der Waals surface area (Å²) >= 11 is 0. The molecule has 0 aromatic heterocycles. The van der Waals surface area contributed by atoms with Gasteiger partial charge in [0.2, 0.25) is 12.2 Å². The van der Waals surface area contributed by atoms with Crippen LogP contribution >= 0.6 is 0 Å². The summed E-state index contributed by atoms with van der Waals surface area (Å²) in [6, 6.07) is 0. The van der Waals surface area contributed by atoms with Gasteiger partial charge < -0.3 is 0 Å². The molecule has 1 atom stereocenters. The van der Waals surface area contributed by atoms with E-state index in [9.17, 15) is 9.59 Å². The Morgan fingerprint density at radius 2 is 2.00 bits per heavy atom. The van der Waals surface area contributed by atoms with Crippen molar-refractivity contribution in [1.82, 2.24) is 0 Å². The van der Waals surface area contributed by atoms with Crippen molar-refractivity contribution < 1.29 is 9.59 Å². The summed E-state index contributed by atoms with van der Waals surface area (Å²) in [7, 11) is 0. The lowest BCUT2D eigenvalue weighted by Gasteiger charge is -2.14. The highest BCUT2D eigenvalue weighted by molar-refractivity contribution is 5.33. The lowest BCUT2D eigenvalue weighted by atomic mass is 9.93. The van der Waals surface area contributed by atoms with Gasteiger partial charge in [0.1, 0.15) is 0 Å². The van der Waals surface area contributed by atoms with Gasteiger partial charge in [0, 0.05) is 0 Å². The van der Waals surface area contributed by atoms with E-state index in [2.05, 4.69) is 23.0 Å². The minimum Gasteiger partial charge on any atom is -0.211 e. The molecule has 0 fully saturated rings. The second-order valence-electron chi connectivity index (χ2n) is 3.92. The standard InChI is InChI=1S/C13H20N2O2/c1-3-12(4-2)8-13(9-15-11-17)6-5-7-14-10-16/h3,13H,4-9H2,1-2H3. The zero-order chi connectivity index (χ0) is 12.9. The van der Waals surface area contributed by atoms with Gasteiger partial charge in [-0.2, -0.15) is 0 Å². The maximum atomic E-state index is 10.1. The predicted molar refractivity (Wildman–Crippen MR) is 67.4 cm³/mol. The fraction of sp³-hybridized carbons (Fsp3) is 0.692. The molecular formula is C13H20N2O2. The van der Waals surface area contributed by atoms with Gasteiger partial charge in [-0.25, -0.2) is 19.6 Å². The Bertz CT molecular complexity index is 324. The van der Waals surface area contributed by atoms with Crippen LogP contribution in [0.15, 0.2) is 21.6 Å². The molecule has 94 valence electrons. The summed E-state index contributed by atoms with van der Waals surface area (Å²) < 4.78 is 0. The average Bonchev–Trinajstić information content (AvgIpc) is 2.36. The van der Waals surface area contributed by atoms with E-state index in [4.69, 9.17) is 0 Å². The smallest absolute Gasteiger partial charge is 0.211 e. The number of carbonyl (C=O) groups excluding carboxylic acids is 2. The minimum absolute atomic E-state index is 0.337. The van der Waals surface area contributed by atoms with E-state index < -0.39 is 0 Å². The highest BCUT2D eigenvalue weighted by Crippen LogP contribution is 2.19. The van der Waals surface area contributed by atoms with Crippen LogP contribution in [-0.4, -0.2) is 25.2 Å². The van der Waals surface area contributed by atoms with Gasteiger partial charge in [-0.3, -0.25) is 0 Å². The quantitative estimate of drug-likeness (QED) is 0.267. The first-order valence-electron chi connectivity index (χ1n) is 5.99. The van der Waals surface area contributed by atoms with Crippen LogP contribution in [0.25, 0.3) is 0 Å². The summed E-state index contributed by atoms with van der Waals surface area (Å²) in [4.78, 5) is 27.2. The highest BCUT2D eigenvalue weighted by Gasteiger charge is 2.09. The van der Waals surface area contributed by atoms with Crippen LogP contribution < -0.4 is 0 Å². The van der Waals surface area contributed by atoms with Crippen molar-refractivity contribution in [1.29, 1.82) is 0 Å². The Morgan fingerprint density at radius 3 is 2.53 bits per heavy atom. The van der Waals surface area contributed by atoms with E-state index in [1.54, 1.807) is 6.08 Å². The van der Waals surface area contributed by atoms with Gasteiger partial charge in [0.15, 0.2) is 0 Å². The van der Waals surface area contributed by atoms with E-state index >= 15 is 0 Å². The molecule has 0 spiro atoms. The van der Waals surface area contributed by atoms with E-state index in [1.165, 1.54) is 11.7 Å². The number of hydrogen-bond acceptors (Lipinski definition) is 4. The van der Waals surface area contributed by atoms with E-state index in [0.717, 1.165) is 25.7 Å². The Hall–Kier alpha value is -1.50. The Morgan fingerprint density at radius 1 is 1.29 bits per heavy atom. The first-order chi connectivity index (χ1) is 8.28. The molecule has 0 saturated heterocycles. The zero-order valence-electron chi connectivity index (χ0n) is 10.6. The number of nitrogens with zero attached hydrogens (tertiary/aromatic N) is 2. The first-order valence-corrected chi connectivity index (χ1v) is 5.99. The predicted octanol–water partition coefficient (Wildman–Crippen LogP) is 2.80. The summed E-state index contributed by atoms with van der Waals surface area (Å²) in [5, 5.41) is 0. The third-order valence-electron chi connectivity index (χ3n) is 2.77. The molecular weight excluding hydrogens is 216 g/mol. The van der Waals surface area contributed by atoms with Crippen LogP contribution in [0.5, 0.6) is 0 Å². The maximum absolute atomic E-state index is 10.1. The highest BCUT2D eigenvalue weighted by atomic mass is 16.1. The number of allylic oxidation sites excluding steroid dienone is 2. The monoisotopic (exact) mass is 236 g/mol. The Kier molecular flexibility index (Phi) is 10.0. The molecule has 4 nitrogen and oxygen atoms in total. The van der Waals surface area contributed by atoms with Gasteiger partial charge in [-0.15, -0.1) is 0 Å². The topological polar surface area (TPSA) is 58.9 Å². The van der Waals surface area contributed by atoms with E-state index in [0.29, 0.717) is 19.0 Å². The molecule has 0 aliphatic rings. The summed E-state index contributed by atoms with van der Waals surface area (Å²) in [5.41, 5.74) is 1.37. The van der Waals surface area contributed by atoms with Crippen LogP contribution in [0.2, 0.25) is 0 Å². The normalized spacial score (nSPS) is 12.5. The van der Waals surface area contributed by atoms with E-state index in [-0.39, 0.29) is 0 Å².